The van der Waals surface area contributed by atoms with Gasteiger partial charge in [-0.25, -0.2) is 0 Å². The molecule has 0 saturated heterocycles. The van der Waals surface area contributed by atoms with Gasteiger partial charge in [0.1, 0.15) is 0 Å². The van der Waals surface area contributed by atoms with Gasteiger partial charge in [-0.3, -0.25) is 9.59 Å². The normalized spacial score (nSPS) is 21.8. The van der Waals surface area contributed by atoms with Crippen LogP contribution in [0.25, 0.3) is 0 Å². The van der Waals surface area contributed by atoms with Crippen LogP contribution in [0.2, 0.25) is 0 Å². The van der Waals surface area contributed by atoms with E-state index in [-0.39, 0.29) is 13.2 Å². The fourth-order valence-corrected chi connectivity index (χ4v) is 1.77. The second-order valence-corrected chi connectivity index (χ2v) is 4.21. The minimum atomic E-state index is -0.833. The van der Waals surface area contributed by atoms with Crippen LogP contribution >= 0.6 is 0 Å². The van der Waals surface area contributed by atoms with Gasteiger partial charge in [0.05, 0.1) is 0 Å². The molecule has 6 heteroatoms. The van der Waals surface area contributed by atoms with Crippen molar-refractivity contribution >= 4 is 11.9 Å². The molecule has 2 atom stereocenters. The lowest BCUT2D eigenvalue weighted by Crippen LogP contribution is -2.25. The van der Waals surface area contributed by atoms with Crippen LogP contribution < -0.4 is 0 Å². The molecule has 0 aliphatic heterocycles. The van der Waals surface area contributed by atoms with E-state index in [4.69, 9.17) is 30.0 Å². The maximum Gasteiger partial charge on any atom is 0.300 e. The standard InChI is InChI=1S/C8H16O2.2C2H4O2/c9-5-7-3-1-2-4-8(7)6-10;2*1-2(3)4/h7-10H,1-6H2;2*1H3,(H,3,4). The summed E-state index contributed by atoms with van der Waals surface area (Å²) in [5.41, 5.74) is 0. The third-order valence-electron chi connectivity index (χ3n) is 2.54. The number of carboxylic acid groups (broad SMARTS) is 2. The molecule has 1 aliphatic carbocycles. The van der Waals surface area contributed by atoms with Gasteiger partial charge in [0, 0.05) is 27.1 Å². The molecule has 0 aromatic rings. The molecule has 1 fully saturated rings. The molecule has 1 rings (SSSR count). The number of aliphatic hydroxyl groups excluding tert-OH is 2. The summed E-state index contributed by atoms with van der Waals surface area (Å²) >= 11 is 0. The van der Waals surface area contributed by atoms with Crippen molar-refractivity contribution < 1.29 is 30.0 Å². The number of aliphatic hydroxyl groups is 2. The molecule has 0 aromatic heterocycles. The predicted molar refractivity (Wildman–Crippen MR) is 66.2 cm³/mol. The second-order valence-electron chi connectivity index (χ2n) is 4.21. The van der Waals surface area contributed by atoms with Crippen molar-refractivity contribution in [1.29, 1.82) is 0 Å². The van der Waals surface area contributed by atoms with Gasteiger partial charge in [0.25, 0.3) is 11.9 Å². The fourth-order valence-electron chi connectivity index (χ4n) is 1.77. The highest BCUT2D eigenvalue weighted by Crippen LogP contribution is 2.28. The molecule has 1 aliphatic rings. The summed E-state index contributed by atoms with van der Waals surface area (Å²) in [5, 5.41) is 32.6. The number of carbonyl (C=O) groups is 2. The average molecular weight is 264 g/mol. The van der Waals surface area contributed by atoms with Crippen molar-refractivity contribution in [2.24, 2.45) is 11.8 Å². The maximum absolute atomic E-state index is 9.00. The lowest BCUT2D eigenvalue weighted by molar-refractivity contribution is -0.135. The van der Waals surface area contributed by atoms with Gasteiger partial charge in [-0.2, -0.15) is 0 Å². The van der Waals surface area contributed by atoms with Crippen molar-refractivity contribution in [1.82, 2.24) is 0 Å². The van der Waals surface area contributed by atoms with Gasteiger partial charge in [0.2, 0.25) is 0 Å². The van der Waals surface area contributed by atoms with Crippen LogP contribution in [-0.4, -0.2) is 45.6 Å². The molecule has 0 amide bonds. The molecule has 1 saturated carbocycles. The zero-order valence-electron chi connectivity index (χ0n) is 11.0. The Morgan fingerprint density at radius 1 is 0.889 bits per heavy atom. The Hall–Kier alpha value is -1.14. The molecule has 108 valence electrons. The summed E-state index contributed by atoms with van der Waals surface area (Å²) in [6.07, 6.45) is 4.65. The third-order valence-corrected chi connectivity index (χ3v) is 2.54. The summed E-state index contributed by atoms with van der Waals surface area (Å²) < 4.78 is 0. The first-order valence-corrected chi connectivity index (χ1v) is 5.95. The van der Waals surface area contributed by atoms with Gasteiger partial charge in [-0.15, -0.1) is 0 Å². The van der Waals surface area contributed by atoms with Crippen LogP contribution in [0.15, 0.2) is 0 Å². The Morgan fingerprint density at radius 2 is 1.11 bits per heavy atom. The number of aliphatic carboxylic acids is 2. The number of carboxylic acids is 2. The zero-order valence-corrected chi connectivity index (χ0v) is 11.0. The van der Waals surface area contributed by atoms with E-state index < -0.39 is 11.9 Å². The lowest BCUT2D eigenvalue weighted by Gasteiger charge is -2.28. The van der Waals surface area contributed by atoms with E-state index in [0.717, 1.165) is 26.7 Å². The molecule has 18 heavy (non-hydrogen) atoms. The second kappa shape index (κ2) is 12.3. The first-order valence-electron chi connectivity index (χ1n) is 5.95. The number of rotatable bonds is 2. The van der Waals surface area contributed by atoms with E-state index in [1.165, 1.54) is 12.8 Å². The quantitative estimate of drug-likeness (QED) is 0.590. The minimum absolute atomic E-state index is 0.255. The topological polar surface area (TPSA) is 115 Å². The summed E-state index contributed by atoms with van der Waals surface area (Å²) in [5.74, 6) is -0.919. The zero-order chi connectivity index (χ0) is 14.6. The van der Waals surface area contributed by atoms with E-state index in [2.05, 4.69) is 0 Å². The van der Waals surface area contributed by atoms with Crippen molar-refractivity contribution in [3.63, 3.8) is 0 Å². The van der Waals surface area contributed by atoms with E-state index in [0.29, 0.717) is 11.8 Å². The summed E-state index contributed by atoms with van der Waals surface area (Å²) in [6.45, 7) is 2.68. The molecule has 0 heterocycles. The predicted octanol–water partition coefficient (Wildman–Crippen LogP) is 0.959. The molecular weight excluding hydrogens is 240 g/mol. The monoisotopic (exact) mass is 264 g/mol. The van der Waals surface area contributed by atoms with Crippen LogP contribution in [0.3, 0.4) is 0 Å². The molecular formula is C12H24O6. The highest BCUT2D eigenvalue weighted by molar-refractivity contribution is 5.63. The number of hydrogen-bond donors (Lipinski definition) is 4. The van der Waals surface area contributed by atoms with Crippen molar-refractivity contribution in [2.45, 2.75) is 39.5 Å². The molecule has 2 unspecified atom stereocenters. The minimum Gasteiger partial charge on any atom is -0.481 e. The van der Waals surface area contributed by atoms with Crippen LogP contribution in [0.1, 0.15) is 39.5 Å². The lowest BCUT2D eigenvalue weighted by atomic mass is 9.80. The largest absolute Gasteiger partial charge is 0.481 e. The van der Waals surface area contributed by atoms with Crippen LogP contribution in [0.4, 0.5) is 0 Å². The first-order chi connectivity index (χ1) is 8.34. The van der Waals surface area contributed by atoms with Gasteiger partial charge in [-0.05, 0) is 24.7 Å². The Bertz CT molecular complexity index is 197. The summed E-state index contributed by atoms with van der Waals surface area (Å²) in [6, 6.07) is 0. The molecule has 0 spiro atoms. The first kappa shape index (κ1) is 19.2. The Morgan fingerprint density at radius 3 is 1.28 bits per heavy atom. The highest BCUT2D eigenvalue weighted by atomic mass is 16.4. The number of hydrogen-bond acceptors (Lipinski definition) is 4. The Labute approximate surface area is 107 Å². The Kier molecular flexibility index (Phi) is 13.1. The summed E-state index contributed by atoms with van der Waals surface area (Å²) in [4.78, 5) is 18.0. The average Bonchev–Trinajstić information content (AvgIpc) is 2.27. The molecule has 0 aromatic carbocycles. The van der Waals surface area contributed by atoms with Gasteiger partial charge in [-0.1, -0.05) is 12.8 Å². The smallest absolute Gasteiger partial charge is 0.300 e. The fraction of sp³-hybridized carbons (Fsp3) is 0.833. The van der Waals surface area contributed by atoms with Crippen LogP contribution in [0, 0.1) is 11.8 Å². The SMILES string of the molecule is CC(=O)O.CC(=O)O.OCC1CCCCC1CO. The van der Waals surface area contributed by atoms with Crippen molar-refractivity contribution in [2.75, 3.05) is 13.2 Å². The molecule has 0 bridgehead atoms. The van der Waals surface area contributed by atoms with Crippen molar-refractivity contribution in [3.8, 4) is 0 Å². The van der Waals surface area contributed by atoms with E-state index in [9.17, 15) is 0 Å². The summed E-state index contributed by atoms with van der Waals surface area (Å²) in [7, 11) is 0. The third kappa shape index (κ3) is 14.9. The van der Waals surface area contributed by atoms with E-state index >= 15 is 0 Å². The molecule has 6 nitrogen and oxygen atoms in total. The molecule has 4 N–H and O–H groups in total. The molecule has 0 radical (unpaired) electrons. The van der Waals surface area contributed by atoms with Crippen molar-refractivity contribution in [3.05, 3.63) is 0 Å². The van der Waals surface area contributed by atoms with Crippen LogP contribution in [0.5, 0.6) is 0 Å². The van der Waals surface area contributed by atoms with E-state index in [1.807, 2.05) is 0 Å². The van der Waals surface area contributed by atoms with Gasteiger partial charge >= 0.3 is 0 Å². The van der Waals surface area contributed by atoms with E-state index in [1.54, 1.807) is 0 Å². The van der Waals surface area contributed by atoms with Crippen LogP contribution in [-0.2, 0) is 9.59 Å². The van der Waals surface area contributed by atoms with Gasteiger partial charge < -0.3 is 20.4 Å². The maximum atomic E-state index is 9.00. The van der Waals surface area contributed by atoms with Gasteiger partial charge in [0.15, 0.2) is 0 Å². The Balaban J connectivity index is 0. The highest BCUT2D eigenvalue weighted by Gasteiger charge is 2.23.